The highest BCUT2D eigenvalue weighted by Crippen LogP contribution is 2.49. The maximum Gasteiger partial charge on any atom is 0.387 e. The van der Waals surface area contributed by atoms with Crippen molar-refractivity contribution in [2.45, 2.75) is 44.6 Å². The Kier molecular flexibility index (Phi) is 7.56. The lowest BCUT2D eigenvalue weighted by molar-refractivity contribution is -0.121. The molecule has 0 atom stereocenters. The summed E-state index contributed by atoms with van der Waals surface area (Å²) in [5.74, 6) is -2.08. The van der Waals surface area contributed by atoms with E-state index in [0.29, 0.717) is 0 Å². The Balaban J connectivity index is 2.26. The number of ether oxygens (including phenoxy) is 1. The van der Waals surface area contributed by atoms with Crippen LogP contribution in [-0.2, 0) is 4.79 Å². The molecule has 1 aromatic rings. The molecule has 0 saturated carbocycles. The zero-order valence-corrected chi connectivity index (χ0v) is 21.1. The fourth-order valence-corrected chi connectivity index (χ4v) is 3.71. The molecule has 34 heavy (non-hydrogen) atoms. The van der Waals surface area contributed by atoms with Crippen molar-refractivity contribution in [3.63, 3.8) is 0 Å². The van der Waals surface area contributed by atoms with E-state index in [1.807, 2.05) is 18.8 Å². The molecule has 0 aromatic heterocycles. The zero-order valence-electron chi connectivity index (χ0n) is 20.3. The Morgan fingerprint density at radius 2 is 1.85 bits per heavy atom. The molecule has 3 amide bonds. The number of urea groups is 1. The number of hydrogen-bond acceptors (Lipinski definition) is 5. The summed E-state index contributed by atoms with van der Waals surface area (Å²) in [4.78, 5) is 27.1. The minimum atomic E-state index is -3.21. The smallest absolute Gasteiger partial charge is 0.387 e. The molecule has 0 unspecified atom stereocenters. The molecular weight excluding hydrogens is 471 g/mol. The van der Waals surface area contributed by atoms with E-state index < -0.39 is 50.2 Å². The number of carbonyl (C=O) groups is 2. The van der Waals surface area contributed by atoms with E-state index in [-0.39, 0.29) is 29.6 Å². The van der Waals surface area contributed by atoms with Gasteiger partial charge in [0.15, 0.2) is 11.6 Å². The van der Waals surface area contributed by atoms with Gasteiger partial charge in [-0.1, -0.05) is 6.07 Å². The number of nitrogens with one attached hydrogen (secondary N) is 3. The molecule has 0 spiro atoms. The summed E-state index contributed by atoms with van der Waals surface area (Å²) in [5, 5.41) is 13.3. The monoisotopic (exact) mass is 503 g/mol. The molecule has 0 fully saturated rings. The Morgan fingerprint density at radius 3 is 2.38 bits per heavy atom. The van der Waals surface area contributed by atoms with E-state index >= 15 is 0 Å². The summed E-state index contributed by atoms with van der Waals surface area (Å²) in [5.41, 5.74) is 4.99. The van der Waals surface area contributed by atoms with E-state index in [9.17, 15) is 22.8 Å². The fraction of sp³-hybridized carbons (Fsp3) is 0.500. The minimum absolute atomic E-state index is 0.161. The molecule has 12 heteroatoms. The highest BCUT2D eigenvalue weighted by molar-refractivity contribution is 8.33. The van der Waals surface area contributed by atoms with Gasteiger partial charge in [-0.05, 0) is 58.6 Å². The second-order valence-electron chi connectivity index (χ2n) is 9.64. The third-order valence-electron chi connectivity index (χ3n) is 6.26. The standard InChI is InChI=1S/C22H32F3N5O3S/c1-21(2)16(26)12(17(27)29-18(31)22(3,4)34(5,6)7)11-30(21)20(32)28-15-13(23)9-8-10-14(15)33-19(24)25/h8-10,19H,11,26H2,1-7H3,(H,28,32)(H2,27,29,31). The normalized spacial score (nSPS) is 16.5. The number of para-hydroxylation sites is 1. The SMILES string of the molecule is CC1(C)C(N)=C(C(=N)NC(=O)C(C)(C)S(C)(C)C)CN1C(=O)Nc1c(F)cccc1OC(F)F. The molecule has 1 aliphatic heterocycles. The number of amidine groups is 1. The predicted molar refractivity (Wildman–Crippen MR) is 129 cm³/mol. The van der Waals surface area contributed by atoms with Gasteiger partial charge in [0.05, 0.1) is 16.8 Å². The maximum absolute atomic E-state index is 14.3. The van der Waals surface area contributed by atoms with Crippen LogP contribution in [-0.4, -0.2) is 64.9 Å². The van der Waals surface area contributed by atoms with Crippen LogP contribution in [0.4, 0.5) is 23.7 Å². The number of anilines is 1. The number of hydrogen-bond donors (Lipinski definition) is 4. The maximum atomic E-state index is 14.3. The van der Waals surface area contributed by atoms with Crippen LogP contribution >= 0.6 is 10.0 Å². The molecule has 1 heterocycles. The van der Waals surface area contributed by atoms with E-state index in [1.165, 1.54) is 11.0 Å². The van der Waals surface area contributed by atoms with Gasteiger partial charge in [-0.15, -0.1) is 0 Å². The van der Waals surface area contributed by atoms with Crippen LogP contribution in [0, 0.1) is 11.2 Å². The highest BCUT2D eigenvalue weighted by Gasteiger charge is 2.44. The topological polar surface area (TPSA) is 121 Å². The van der Waals surface area contributed by atoms with Gasteiger partial charge < -0.3 is 26.0 Å². The predicted octanol–water partition coefficient (Wildman–Crippen LogP) is 3.83. The number of benzene rings is 1. The van der Waals surface area contributed by atoms with Crippen LogP contribution in [0.15, 0.2) is 29.5 Å². The Hall–Kier alpha value is -2.89. The lowest BCUT2D eigenvalue weighted by Crippen LogP contribution is -2.49. The van der Waals surface area contributed by atoms with Crippen molar-refractivity contribution in [3.05, 3.63) is 35.3 Å². The molecule has 0 saturated heterocycles. The van der Waals surface area contributed by atoms with Crippen molar-refractivity contribution in [1.82, 2.24) is 10.2 Å². The summed E-state index contributed by atoms with van der Waals surface area (Å²) in [6.45, 7) is 3.46. The number of carbonyl (C=O) groups excluding carboxylic acids is 2. The summed E-state index contributed by atoms with van der Waals surface area (Å²) < 4.78 is 43.3. The van der Waals surface area contributed by atoms with Gasteiger partial charge in [0.25, 0.3) is 0 Å². The first-order valence-electron chi connectivity index (χ1n) is 10.3. The average Bonchev–Trinajstić information content (AvgIpc) is 2.92. The molecule has 1 aromatic carbocycles. The van der Waals surface area contributed by atoms with Gasteiger partial charge in [0.2, 0.25) is 5.91 Å². The third-order valence-corrected chi connectivity index (χ3v) is 9.51. The Morgan fingerprint density at radius 1 is 1.26 bits per heavy atom. The Bertz CT molecular complexity index is 1040. The van der Waals surface area contributed by atoms with Crippen molar-refractivity contribution >= 4 is 33.5 Å². The molecule has 5 N–H and O–H groups in total. The number of alkyl halides is 2. The molecule has 8 nitrogen and oxygen atoms in total. The van der Waals surface area contributed by atoms with Crippen molar-refractivity contribution in [3.8, 4) is 5.75 Å². The molecule has 190 valence electrons. The first-order chi connectivity index (χ1) is 15.4. The largest absolute Gasteiger partial charge is 0.432 e. The fourth-order valence-electron chi connectivity index (χ4n) is 3.11. The third kappa shape index (κ3) is 5.26. The summed E-state index contributed by atoms with van der Waals surface area (Å²) in [6, 6.07) is 2.42. The van der Waals surface area contributed by atoms with E-state index in [4.69, 9.17) is 11.1 Å². The van der Waals surface area contributed by atoms with Crippen LogP contribution in [0.2, 0.25) is 0 Å². The number of halogens is 3. The first kappa shape index (κ1) is 27.4. The minimum Gasteiger partial charge on any atom is -0.432 e. The summed E-state index contributed by atoms with van der Waals surface area (Å²) in [6.07, 6.45) is 5.97. The average molecular weight is 504 g/mol. The second kappa shape index (κ2) is 9.40. The van der Waals surface area contributed by atoms with Crippen molar-refractivity contribution in [1.29, 1.82) is 5.41 Å². The van der Waals surface area contributed by atoms with Gasteiger partial charge in [-0.2, -0.15) is 8.78 Å². The zero-order chi connectivity index (χ0) is 26.2. The number of amides is 3. The lowest BCUT2D eigenvalue weighted by atomic mass is 10.00. The number of nitrogens with zero attached hydrogens (tertiary/aromatic N) is 1. The molecule has 0 aliphatic carbocycles. The quantitative estimate of drug-likeness (QED) is 0.348. The number of rotatable bonds is 6. The van der Waals surface area contributed by atoms with E-state index in [1.54, 1.807) is 27.7 Å². The van der Waals surface area contributed by atoms with Crippen molar-refractivity contribution in [2.24, 2.45) is 5.73 Å². The summed E-state index contributed by atoms with van der Waals surface area (Å²) in [7, 11) is -1.31. The van der Waals surface area contributed by atoms with Gasteiger partial charge in [-0.25, -0.2) is 19.2 Å². The van der Waals surface area contributed by atoms with E-state index in [2.05, 4.69) is 15.4 Å². The molecule has 2 rings (SSSR count). The van der Waals surface area contributed by atoms with Gasteiger partial charge in [0, 0.05) is 11.3 Å². The van der Waals surface area contributed by atoms with Crippen LogP contribution in [0.25, 0.3) is 0 Å². The first-order valence-corrected chi connectivity index (χ1v) is 13.2. The van der Waals surface area contributed by atoms with Gasteiger partial charge >= 0.3 is 12.6 Å². The molecular formula is C22H32F3N5O3S. The van der Waals surface area contributed by atoms with Gasteiger partial charge in [-0.3, -0.25) is 10.2 Å². The van der Waals surface area contributed by atoms with Gasteiger partial charge in [0.1, 0.15) is 11.5 Å². The van der Waals surface area contributed by atoms with Crippen LogP contribution < -0.4 is 21.1 Å². The summed E-state index contributed by atoms with van der Waals surface area (Å²) >= 11 is 0. The highest BCUT2D eigenvalue weighted by atomic mass is 32.3. The van der Waals surface area contributed by atoms with Crippen molar-refractivity contribution in [2.75, 3.05) is 30.6 Å². The number of nitrogens with two attached hydrogens (primary N) is 1. The molecule has 0 radical (unpaired) electrons. The van der Waals surface area contributed by atoms with Crippen molar-refractivity contribution < 1.29 is 27.5 Å². The van der Waals surface area contributed by atoms with E-state index in [0.717, 1.165) is 12.1 Å². The van der Waals surface area contributed by atoms with Crippen LogP contribution in [0.5, 0.6) is 5.75 Å². The van der Waals surface area contributed by atoms with Crippen LogP contribution in [0.1, 0.15) is 27.7 Å². The lowest BCUT2D eigenvalue weighted by Gasteiger charge is -2.42. The Labute approximate surface area is 198 Å². The molecule has 1 aliphatic rings. The molecule has 0 bridgehead atoms. The second-order valence-corrected chi connectivity index (χ2v) is 14.3. The van der Waals surface area contributed by atoms with Crippen LogP contribution in [0.3, 0.4) is 0 Å².